The summed E-state index contributed by atoms with van der Waals surface area (Å²) in [5, 5.41) is 4.96. The molecule has 2 aromatic rings. The second-order valence-corrected chi connectivity index (χ2v) is 7.16. The van der Waals surface area contributed by atoms with Crippen molar-refractivity contribution in [1.82, 2.24) is 4.90 Å². The van der Waals surface area contributed by atoms with E-state index in [1.165, 1.54) is 15.3 Å². The molecule has 1 aromatic heterocycles. The molecule has 0 spiro atoms. The summed E-state index contributed by atoms with van der Waals surface area (Å²) in [7, 11) is 5.44. The number of carbonyl (C=O) groups is 2. The number of aryl methyl sites for hydroxylation is 1. The Bertz CT molecular complexity index is 707. The van der Waals surface area contributed by atoms with E-state index < -0.39 is 0 Å². The Balaban J connectivity index is 1.88. The van der Waals surface area contributed by atoms with Crippen LogP contribution in [-0.2, 0) is 11.3 Å². The molecule has 2 rings (SSSR count). The van der Waals surface area contributed by atoms with Gasteiger partial charge >= 0.3 is 0 Å². The van der Waals surface area contributed by atoms with Crippen molar-refractivity contribution in [2.45, 2.75) is 13.5 Å². The van der Waals surface area contributed by atoms with Gasteiger partial charge in [0.25, 0.3) is 11.8 Å². The first-order valence-corrected chi connectivity index (χ1v) is 8.70. The number of quaternary nitrogens is 1. The van der Waals surface area contributed by atoms with Crippen LogP contribution < -0.4 is 10.2 Å². The maximum Gasteiger partial charge on any atom is 0.279 e. The molecule has 1 aromatic carbocycles. The number of nitrogens with zero attached hydrogens (tertiary/aromatic N) is 1. The fraction of sp³-hybridized carbons (Fsp3) is 0.333. The molecule has 1 unspecified atom stereocenters. The lowest BCUT2D eigenvalue weighted by atomic mass is 10.2. The highest BCUT2D eigenvalue weighted by molar-refractivity contribution is 7.10. The van der Waals surface area contributed by atoms with Crippen LogP contribution in [0.5, 0.6) is 0 Å². The van der Waals surface area contributed by atoms with Crippen LogP contribution in [0, 0.1) is 6.92 Å². The van der Waals surface area contributed by atoms with Gasteiger partial charge in [0.1, 0.15) is 6.54 Å². The molecule has 24 heavy (non-hydrogen) atoms. The maximum atomic E-state index is 12.2. The number of rotatable bonds is 6. The van der Waals surface area contributed by atoms with E-state index in [-0.39, 0.29) is 11.8 Å². The molecule has 0 fully saturated rings. The van der Waals surface area contributed by atoms with Gasteiger partial charge in [-0.3, -0.25) is 9.59 Å². The fourth-order valence-corrected chi connectivity index (χ4v) is 3.38. The van der Waals surface area contributed by atoms with Gasteiger partial charge in [-0.05, 0) is 48.2 Å². The number of carbonyl (C=O) groups excluding carboxylic acids is 2. The van der Waals surface area contributed by atoms with Gasteiger partial charge in [-0.25, -0.2) is 0 Å². The van der Waals surface area contributed by atoms with Gasteiger partial charge < -0.3 is 15.1 Å². The highest BCUT2D eigenvalue weighted by Gasteiger charge is 2.13. The summed E-state index contributed by atoms with van der Waals surface area (Å²) < 4.78 is 0. The average molecular weight is 346 g/mol. The number of hydrogen-bond donors (Lipinski definition) is 2. The van der Waals surface area contributed by atoms with Gasteiger partial charge in [-0.15, -0.1) is 11.3 Å². The Kier molecular flexibility index (Phi) is 6.11. The minimum Gasteiger partial charge on any atom is -0.345 e. The minimum absolute atomic E-state index is 0.0339. The monoisotopic (exact) mass is 346 g/mol. The number of hydrogen-bond acceptors (Lipinski definition) is 3. The predicted octanol–water partition coefficient (Wildman–Crippen LogP) is 1.41. The second-order valence-electron chi connectivity index (χ2n) is 6.16. The molecule has 2 amide bonds. The Hall–Kier alpha value is -2.18. The van der Waals surface area contributed by atoms with Gasteiger partial charge in [0.05, 0.1) is 11.9 Å². The van der Waals surface area contributed by atoms with Crippen LogP contribution >= 0.6 is 11.3 Å². The molecule has 1 atom stereocenters. The van der Waals surface area contributed by atoms with Gasteiger partial charge in [-0.2, -0.15) is 0 Å². The number of anilines is 1. The first-order chi connectivity index (χ1) is 11.4. The summed E-state index contributed by atoms with van der Waals surface area (Å²) in [4.78, 5) is 28.0. The first-order valence-electron chi connectivity index (χ1n) is 7.82. The molecule has 0 saturated heterocycles. The second kappa shape index (κ2) is 8.08. The zero-order chi connectivity index (χ0) is 17.7. The van der Waals surface area contributed by atoms with Crippen LogP contribution in [-0.4, -0.2) is 44.4 Å². The molecule has 5 nitrogen and oxygen atoms in total. The zero-order valence-corrected chi connectivity index (χ0v) is 15.4. The topological polar surface area (TPSA) is 53.9 Å². The van der Waals surface area contributed by atoms with Crippen molar-refractivity contribution < 1.29 is 14.5 Å². The van der Waals surface area contributed by atoms with Crippen LogP contribution in [0.15, 0.2) is 35.7 Å². The van der Waals surface area contributed by atoms with Crippen molar-refractivity contribution in [3.05, 3.63) is 51.7 Å². The number of nitrogens with one attached hydrogen (secondary N) is 2. The Morgan fingerprint density at radius 1 is 1.17 bits per heavy atom. The Morgan fingerprint density at radius 3 is 2.38 bits per heavy atom. The quantitative estimate of drug-likeness (QED) is 0.831. The Labute approximate surface area is 146 Å². The number of benzene rings is 1. The third-order valence-electron chi connectivity index (χ3n) is 3.71. The molecule has 1 heterocycles. The average Bonchev–Trinajstić information content (AvgIpc) is 2.92. The predicted molar refractivity (Wildman–Crippen MR) is 97.6 cm³/mol. The molecule has 0 aliphatic rings. The summed E-state index contributed by atoms with van der Waals surface area (Å²) in [5.74, 6) is -0.0863. The lowest BCUT2D eigenvalue weighted by Crippen LogP contribution is -3.08. The summed E-state index contributed by atoms with van der Waals surface area (Å²) in [6.07, 6.45) is 0. The van der Waals surface area contributed by atoms with E-state index in [1.54, 1.807) is 49.7 Å². The van der Waals surface area contributed by atoms with Crippen molar-refractivity contribution in [1.29, 1.82) is 0 Å². The van der Waals surface area contributed by atoms with E-state index in [2.05, 4.69) is 23.7 Å². The van der Waals surface area contributed by atoms with Crippen molar-refractivity contribution in [2.75, 3.05) is 33.0 Å². The lowest BCUT2D eigenvalue weighted by molar-refractivity contribution is -0.884. The molecule has 6 heteroatoms. The van der Waals surface area contributed by atoms with Gasteiger partial charge in [-0.1, -0.05) is 0 Å². The SMILES string of the molecule is Cc1ccsc1C[NH+](C)CC(=O)Nc1ccc(C(=O)N(C)C)cc1. The summed E-state index contributed by atoms with van der Waals surface area (Å²) >= 11 is 1.73. The summed E-state index contributed by atoms with van der Waals surface area (Å²) in [5.41, 5.74) is 2.59. The molecule has 0 aliphatic carbocycles. The normalized spacial score (nSPS) is 11.8. The number of likely N-dealkylation sites (N-methyl/N-ethyl adjacent to an activating group) is 1. The summed E-state index contributed by atoms with van der Waals surface area (Å²) in [6.45, 7) is 3.33. The Morgan fingerprint density at radius 2 is 1.83 bits per heavy atom. The van der Waals surface area contributed by atoms with E-state index in [9.17, 15) is 9.59 Å². The van der Waals surface area contributed by atoms with Crippen molar-refractivity contribution in [3.8, 4) is 0 Å². The fourth-order valence-electron chi connectivity index (χ4n) is 2.36. The van der Waals surface area contributed by atoms with Crippen molar-refractivity contribution in [3.63, 3.8) is 0 Å². The van der Waals surface area contributed by atoms with Crippen LogP contribution in [0.25, 0.3) is 0 Å². The van der Waals surface area contributed by atoms with E-state index in [0.717, 1.165) is 11.4 Å². The maximum absolute atomic E-state index is 12.2. The van der Waals surface area contributed by atoms with E-state index in [4.69, 9.17) is 0 Å². The van der Waals surface area contributed by atoms with Crippen LogP contribution in [0.4, 0.5) is 5.69 Å². The summed E-state index contributed by atoms with van der Waals surface area (Å²) in [6, 6.07) is 9.07. The molecular weight excluding hydrogens is 322 g/mol. The smallest absolute Gasteiger partial charge is 0.279 e. The van der Waals surface area contributed by atoms with E-state index in [0.29, 0.717) is 17.8 Å². The first kappa shape index (κ1) is 18.2. The highest BCUT2D eigenvalue weighted by Crippen LogP contribution is 2.13. The molecule has 2 N–H and O–H groups in total. The van der Waals surface area contributed by atoms with Crippen molar-refractivity contribution in [2.24, 2.45) is 0 Å². The molecule has 0 bridgehead atoms. The molecular formula is C18H24N3O2S+. The molecule has 128 valence electrons. The van der Waals surface area contributed by atoms with Crippen LogP contribution in [0.3, 0.4) is 0 Å². The standard InChI is InChI=1S/C18H23N3O2S/c1-13-9-10-24-16(13)11-21(4)12-17(22)19-15-7-5-14(6-8-15)18(23)20(2)3/h5-10H,11-12H2,1-4H3,(H,19,22)/p+1. The van der Waals surface area contributed by atoms with Crippen LogP contribution in [0.1, 0.15) is 20.8 Å². The van der Waals surface area contributed by atoms with Crippen molar-refractivity contribution >= 4 is 28.8 Å². The minimum atomic E-state index is -0.0524. The van der Waals surface area contributed by atoms with E-state index >= 15 is 0 Å². The molecule has 0 radical (unpaired) electrons. The highest BCUT2D eigenvalue weighted by atomic mass is 32.1. The van der Waals surface area contributed by atoms with Gasteiger partial charge in [0.2, 0.25) is 0 Å². The molecule has 0 aliphatic heterocycles. The third-order valence-corrected chi connectivity index (χ3v) is 4.74. The van der Waals surface area contributed by atoms with Gasteiger partial charge in [0.15, 0.2) is 6.54 Å². The largest absolute Gasteiger partial charge is 0.345 e. The van der Waals surface area contributed by atoms with E-state index in [1.807, 2.05) is 7.05 Å². The lowest BCUT2D eigenvalue weighted by Gasteiger charge is -2.14. The third kappa shape index (κ3) is 4.91. The zero-order valence-electron chi connectivity index (χ0n) is 14.6. The molecule has 0 saturated carbocycles. The van der Waals surface area contributed by atoms with Gasteiger partial charge in [0, 0.05) is 25.3 Å². The number of thiophene rings is 1. The number of amides is 2. The van der Waals surface area contributed by atoms with Crippen LogP contribution in [0.2, 0.25) is 0 Å².